The van der Waals surface area contributed by atoms with Crippen molar-refractivity contribution in [2.45, 2.75) is 27.7 Å². The smallest absolute Gasteiger partial charge is 0.362 e. The molecule has 0 radical (unpaired) electrons. The molecule has 0 spiro atoms. The lowest BCUT2D eigenvalue weighted by Crippen LogP contribution is -2.07. The topological polar surface area (TPSA) is 71.2 Å². The van der Waals surface area contributed by atoms with Gasteiger partial charge in [0.15, 0.2) is 0 Å². The second kappa shape index (κ2) is 6.68. The number of allylic oxidation sites excluding steroid dienone is 1. The molecular weight excluding hydrogens is 244 g/mol. The molecule has 0 heterocycles. The number of carbonyl (C=O) groups is 1. The standard InChI is InChI=1S/C14H18N2O3/c1-5-19-14(18)13(11(4)17)16-15-12-7-6-9(2)10(3)8-12/h6-8,17H,5H2,1-4H3/b13-11-,16-15?. The number of hydrogen-bond donors (Lipinski definition) is 1. The van der Waals surface area contributed by atoms with Gasteiger partial charge in [-0.05, 0) is 51.0 Å². The molecular formula is C14H18N2O3. The van der Waals surface area contributed by atoms with Crippen LogP contribution in [0.4, 0.5) is 5.69 Å². The number of ether oxygens (including phenoxy) is 1. The zero-order chi connectivity index (χ0) is 14.4. The molecule has 5 heteroatoms. The van der Waals surface area contributed by atoms with Crippen LogP contribution in [0.2, 0.25) is 0 Å². The summed E-state index contributed by atoms with van der Waals surface area (Å²) in [6.07, 6.45) is 0. The second-order valence-corrected chi connectivity index (χ2v) is 4.12. The quantitative estimate of drug-likeness (QED) is 0.389. The molecule has 0 fully saturated rings. The Morgan fingerprint density at radius 3 is 2.53 bits per heavy atom. The lowest BCUT2D eigenvalue weighted by atomic mass is 10.1. The highest BCUT2D eigenvalue weighted by molar-refractivity contribution is 5.88. The van der Waals surface area contributed by atoms with Crippen LogP contribution in [0.15, 0.2) is 39.9 Å². The summed E-state index contributed by atoms with van der Waals surface area (Å²) in [4.78, 5) is 11.5. The lowest BCUT2D eigenvalue weighted by Gasteiger charge is -2.03. The van der Waals surface area contributed by atoms with Crippen molar-refractivity contribution < 1.29 is 14.6 Å². The van der Waals surface area contributed by atoms with E-state index in [1.54, 1.807) is 13.0 Å². The van der Waals surface area contributed by atoms with E-state index in [0.29, 0.717) is 5.69 Å². The monoisotopic (exact) mass is 262 g/mol. The molecule has 0 amide bonds. The van der Waals surface area contributed by atoms with E-state index in [4.69, 9.17) is 4.74 Å². The van der Waals surface area contributed by atoms with Crippen molar-refractivity contribution >= 4 is 11.7 Å². The van der Waals surface area contributed by atoms with Gasteiger partial charge in [-0.15, -0.1) is 5.11 Å². The van der Waals surface area contributed by atoms with E-state index in [1.807, 2.05) is 26.0 Å². The number of azo groups is 1. The Kier molecular flexibility index (Phi) is 5.23. The number of nitrogens with zero attached hydrogens (tertiary/aromatic N) is 2. The van der Waals surface area contributed by atoms with Gasteiger partial charge in [0.25, 0.3) is 0 Å². The van der Waals surface area contributed by atoms with E-state index in [0.717, 1.165) is 11.1 Å². The summed E-state index contributed by atoms with van der Waals surface area (Å²) >= 11 is 0. The zero-order valence-corrected chi connectivity index (χ0v) is 11.6. The first kappa shape index (κ1) is 14.9. The number of esters is 1. The summed E-state index contributed by atoms with van der Waals surface area (Å²) in [7, 11) is 0. The minimum Gasteiger partial charge on any atom is -0.510 e. The summed E-state index contributed by atoms with van der Waals surface area (Å²) in [5, 5.41) is 17.1. The van der Waals surface area contributed by atoms with Crippen LogP contribution in [0.5, 0.6) is 0 Å². The first-order valence-corrected chi connectivity index (χ1v) is 6.01. The molecule has 1 aromatic rings. The van der Waals surface area contributed by atoms with Crippen LogP contribution in [0.3, 0.4) is 0 Å². The molecule has 1 N–H and O–H groups in total. The average molecular weight is 262 g/mol. The van der Waals surface area contributed by atoms with Crippen molar-refractivity contribution in [2.24, 2.45) is 10.2 Å². The maximum absolute atomic E-state index is 11.5. The third-order valence-corrected chi connectivity index (χ3v) is 2.57. The molecule has 0 unspecified atom stereocenters. The summed E-state index contributed by atoms with van der Waals surface area (Å²) in [5.74, 6) is -0.902. The second-order valence-electron chi connectivity index (χ2n) is 4.12. The number of aryl methyl sites for hydroxylation is 2. The number of aliphatic hydroxyl groups is 1. The molecule has 0 aliphatic heterocycles. The van der Waals surface area contributed by atoms with E-state index in [9.17, 15) is 9.90 Å². The molecule has 19 heavy (non-hydrogen) atoms. The Morgan fingerprint density at radius 2 is 2.00 bits per heavy atom. The number of carbonyl (C=O) groups excluding carboxylic acids is 1. The Balaban J connectivity index is 2.97. The Labute approximate surface area is 112 Å². The molecule has 0 atom stereocenters. The highest BCUT2D eigenvalue weighted by atomic mass is 16.5. The van der Waals surface area contributed by atoms with Crippen molar-refractivity contribution in [3.63, 3.8) is 0 Å². The van der Waals surface area contributed by atoms with E-state index < -0.39 is 5.97 Å². The fourth-order valence-corrected chi connectivity index (χ4v) is 1.36. The molecule has 0 bridgehead atoms. The number of benzene rings is 1. The van der Waals surface area contributed by atoms with Gasteiger partial charge in [-0.1, -0.05) is 6.07 Å². The van der Waals surface area contributed by atoms with Crippen LogP contribution in [-0.4, -0.2) is 17.7 Å². The van der Waals surface area contributed by atoms with Gasteiger partial charge in [-0.2, -0.15) is 5.11 Å². The Bertz CT molecular complexity index is 529. The van der Waals surface area contributed by atoms with Gasteiger partial charge < -0.3 is 9.84 Å². The van der Waals surface area contributed by atoms with Crippen molar-refractivity contribution in [3.8, 4) is 0 Å². The third-order valence-electron chi connectivity index (χ3n) is 2.57. The lowest BCUT2D eigenvalue weighted by molar-refractivity contribution is -0.138. The fourth-order valence-electron chi connectivity index (χ4n) is 1.36. The first-order valence-electron chi connectivity index (χ1n) is 6.01. The Hall–Kier alpha value is -2.17. The summed E-state index contributed by atoms with van der Waals surface area (Å²) in [6.45, 7) is 7.23. The fraction of sp³-hybridized carbons (Fsp3) is 0.357. The van der Waals surface area contributed by atoms with Crippen LogP contribution in [-0.2, 0) is 9.53 Å². The van der Waals surface area contributed by atoms with Crippen LogP contribution >= 0.6 is 0 Å². The largest absolute Gasteiger partial charge is 0.510 e. The maximum atomic E-state index is 11.5. The average Bonchev–Trinajstić information content (AvgIpc) is 2.33. The van der Waals surface area contributed by atoms with Crippen molar-refractivity contribution in [1.82, 2.24) is 0 Å². The predicted octanol–water partition coefficient (Wildman–Crippen LogP) is 3.74. The van der Waals surface area contributed by atoms with Crippen LogP contribution in [0.1, 0.15) is 25.0 Å². The van der Waals surface area contributed by atoms with Crippen LogP contribution in [0, 0.1) is 13.8 Å². The van der Waals surface area contributed by atoms with Gasteiger partial charge in [-0.25, -0.2) is 4.79 Å². The molecule has 0 saturated heterocycles. The summed E-state index contributed by atoms with van der Waals surface area (Å²) in [5.41, 5.74) is 2.67. The number of hydrogen-bond acceptors (Lipinski definition) is 5. The normalized spacial score (nSPS) is 12.4. The summed E-state index contributed by atoms with van der Waals surface area (Å²) < 4.78 is 4.79. The first-order chi connectivity index (χ1) is 8.95. The van der Waals surface area contributed by atoms with Crippen LogP contribution < -0.4 is 0 Å². The zero-order valence-electron chi connectivity index (χ0n) is 11.6. The molecule has 0 aromatic heterocycles. The van der Waals surface area contributed by atoms with Gasteiger partial charge in [-0.3, -0.25) is 0 Å². The Morgan fingerprint density at radius 1 is 1.32 bits per heavy atom. The predicted molar refractivity (Wildman–Crippen MR) is 72.4 cm³/mol. The van der Waals surface area contributed by atoms with Crippen molar-refractivity contribution in [1.29, 1.82) is 0 Å². The van der Waals surface area contributed by atoms with E-state index in [1.165, 1.54) is 6.92 Å². The van der Waals surface area contributed by atoms with Gasteiger partial charge in [0.05, 0.1) is 12.3 Å². The minimum atomic E-state index is -0.685. The summed E-state index contributed by atoms with van der Waals surface area (Å²) in [6, 6.07) is 5.57. The molecule has 0 aliphatic rings. The minimum absolute atomic E-state index is 0.180. The number of aliphatic hydroxyl groups excluding tert-OH is 1. The highest BCUT2D eigenvalue weighted by Gasteiger charge is 2.13. The van der Waals surface area contributed by atoms with Crippen LogP contribution in [0.25, 0.3) is 0 Å². The molecule has 102 valence electrons. The molecule has 5 nitrogen and oxygen atoms in total. The number of rotatable bonds is 4. The van der Waals surface area contributed by atoms with E-state index in [2.05, 4.69) is 10.2 Å². The van der Waals surface area contributed by atoms with Crippen molar-refractivity contribution in [3.05, 3.63) is 40.8 Å². The van der Waals surface area contributed by atoms with Gasteiger partial charge in [0.1, 0.15) is 5.76 Å². The molecule has 1 rings (SSSR count). The van der Waals surface area contributed by atoms with Gasteiger partial charge >= 0.3 is 5.97 Å². The highest BCUT2D eigenvalue weighted by Crippen LogP contribution is 2.19. The van der Waals surface area contributed by atoms with Crippen molar-refractivity contribution in [2.75, 3.05) is 6.61 Å². The molecule has 1 aromatic carbocycles. The van der Waals surface area contributed by atoms with Gasteiger partial charge in [0, 0.05) is 0 Å². The van der Waals surface area contributed by atoms with E-state index >= 15 is 0 Å². The molecule has 0 aliphatic carbocycles. The maximum Gasteiger partial charge on any atom is 0.362 e. The van der Waals surface area contributed by atoms with E-state index in [-0.39, 0.29) is 18.1 Å². The van der Waals surface area contributed by atoms with Gasteiger partial charge in [0.2, 0.25) is 5.70 Å². The molecule has 0 saturated carbocycles. The SMILES string of the molecule is CCOC(=O)/C(N=Nc1ccc(C)c(C)c1)=C(\C)O. The third kappa shape index (κ3) is 4.21.